The highest BCUT2D eigenvalue weighted by Gasteiger charge is 2.30. The number of carbonyl (C=O) groups is 2. The molecule has 0 aliphatic rings. The summed E-state index contributed by atoms with van der Waals surface area (Å²) in [6.45, 7) is 2.59. The van der Waals surface area contributed by atoms with Crippen LogP contribution in [0.25, 0.3) is 0 Å². The fourth-order valence-electron chi connectivity index (χ4n) is 3.00. The molecule has 0 aromatic heterocycles. The minimum Gasteiger partial charge on any atom is -0.357 e. The highest BCUT2D eigenvalue weighted by Crippen LogP contribution is 2.25. The molecular weight excluding hydrogens is 489 g/mol. The fourth-order valence-corrected chi connectivity index (χ4v) is 4.09. The molecule has 1 N–H and O–H groups in total. The van der Waals surface area contributed by atoms with Gasteiger partial charge in [0.1, 0.15) is 18.4 Å². The van der Waals surface area contributed by atoms with Gasteiger partial charge in [-0.25, -0.2) is 12.8 Å². The second-order valence-electron chi connectivity index (χ2n) is 7.11. The van der Waals surface area contributed by atoms with Crippen LogP contribution in [-0.4, -0.2) is 51.0 Å². The molecule has 2 rings (SSSR count). The van der Waals surface area contributed by atoms with Gasteiger partial charge in [0.25, 0.3) is 0 Å². The number of amides is 2. The number of likely N-dealkylation sites (N-methyl/N-ethyl adjacent to an activating group) is 1. The van der Waals surface area contributed by atoms with Gasteiger partial charge < -0.3 is 10.2 Å². The topological polar surface area (TPSA) is 86.8 Å². The molecule has 0 bridgehead atoms. The van der Waals surface area contributed by atoms with Crippen molar-refractivity contribution < 1.29 is 22.4 Å². The monoisotopic (exact) mass is 513 g/mol. The maximum Gasteiger partial charge on any atom is 0.244 e. The minimum absolute atomic E-state index is 0.183. The molecule has 1 atom stereocenters. The number of nitrogens with zero attached hydrogens (tertiary/aromatic N) is 2. The molecular formula is C21H25BrFN3O4S. The molecule has 168 valence electrons. The van der Waals surface area contributed by atoms with Crippen LogP contribution >= 0.6 is 15.9 Å². The lowest BCUT2D eigenvalue weighted by Gasteiger charge is -2.31. The molecule has 1 unspecified atom stereocenters. The van der Waals surface area contributed by atoms with E-state index in [-0.39, 0.29) is 12.1 Å². The first-order valence-electron chi connectivity index (χ1n) is 9.44. The summed E-state index contributed by atoms with van der Waals surface area (Å²) in [7, 11) is -2.38. The summed E-state index contributed by atoms with van der Waals surface area (Å²) in [5.74, 6) is -1.60. The number of aryl methyl sites for hydroxylation is 1. The minimum atomic E-state index is -3.81. The van der Waals surface area contributed by atoms with E-state index in [1.165, 1.54) is 37.1 Å². The second kappa shape index (κ2) is 10.2. The molecule has 0 heterocycles. The van der Waals surface area contributed by atoms with Gasteiger partial charge in [-0.2, -0.15) is 0 Å². The third-order valence-electron chi connectivity index (χ3n) is 4.82. The Morgan fingerprint density at radius 2 is 1.84 bits per heavy atom. The van der Waals surface area contributed by atoms with Crippen LogP contribution < -0.4 is 9.62 Å². The van der Waals surface area contributed by atoms with Gasteiger partial charge in [0.2, 0.25) is 21.8 Å². The number of hydrogen-bond donors (Lipinski definition) is 1. The van der Waals surface area contributed by atoms with Crippen LogP contribution in [0.4, 0.5) is 10.1 Å². The Morgan fingerprint density at radius 3 is 2.39 bits per heavy atom. The molecule has 31 heavy (non-hydrogen) atoms. The zero-order valence-electron chi connectivity index (χ0n) is 17.7. The SMILES string of the molecule is CNC(=O)C(C)N(Cc1ccccc1F)C(=O)CN(c1ccc(Br)c(C)c1)S(C)(=O)=O. The van der Waals surface area contributed by atoms with Gasteiger partial charge in [0, 0.05) is 23.6 Å². The van der Waals surface area contributed by atoms with Crippen LogP contribution in [0.15, 0.2) is 46.9 Å². The summed E-state index contributed by atoms with van der Waals surface area (Å²) >= 11 is 3.37. The molecule has 2 amide bonds. The van der Waals surface area contributed by atoms with E-state index >= 15 is 0 Å². The Bertz CT molecular complexity index is 1080. The van der Waals surface area contributed by atoms with Gasteiger partial charge in [-0.3, -0.25) is 13.9 Å². The lowest BCUT2D eigenvalue weighted by atomic mass is 10.1. The molecule has 10 heteroatoms. The lowest BCUT2D eigenvalue weighted by molar-refractivity contribution is -0.139. The fraction of sp³-hybridized carbons (Fsp3) is 0.333. The van der Waals surface area contributed by atoms with E-state index < -0.39 is 40.2 Å². The number of nitrogens with one attached hydrogen (secondary N) is 1. The summed E-state index contributed by atoms with van der Waals surface area (Å²) in [6, 6.07) is 9.89. The predicted octanol–water partition coefficient (Wildman–Crippen LogP) is 2.83. The van der Waals surface area contributed by atoms with E-state index in [0.29, 0.717) is 5.69 Å². The quantitative estimate of drug-likeness (QED) is 0.587. The average molecular weight is 514 g/mol. The molecule has 0 spiro atoms. The number of anilines is 1. The second-order valence-corrected chi connectivity index (χ2v) is 9.87. The van der Waals surface area contributed by atoms with E-state index in [9.17, 15) is 22.4 Å². The number of benzene rings is 2. The Morgan fingerprint density at radius 1 is 1.19 bits per heavy atom. The Labute approximate surface area is 190 Å². The van der Waals surface area contributed by atoms with Gasteiger partial charge in [0.05, 0.1) is 11.9 Å². The van der Waals surface area contributed by atoms with E-state index in [4.69, 9.17) is 0 Å². The lowest BCUT2D eigenvalue weighted by Crippen LogP contribution is -2.50. The van der Waals surface area contributed by atoms with Crippen LogP contribution in [0.1, 0.15) is 18.1 Å². The van der Waals surface area contributed by atoms with E-state index in [2.05, 4.69) is 21.2 Å². The molecule has 0 aliphatic heterocycles. The summed E-state index contributed by atoms with van der Waals surface area (Å²) in [6.07, 6.45) is 1.00. The van der Waals surface area contributed by atoms with Crippen molar-refractivity contribution in [1.29, 1.82) is 0 Å². The van der Waals surface area contributed by atoms with Crippen molar-refractivity contribution in [2.45, 2.75) is 26.4 Å². The molecule has 0 saturated carbocycles. The van der Waals surface area contributed by atoms with E-state index in [1.807, 2.05) is 0 Å². The summed E-state index contributed by atoms with van der Waals surface area (Å²) in [5, 5.41) is 2.47. The normalized spacial score (nSPS) is 12.2. The summed E-state index contributed by atoms with van der Waals surface area (Å²) in [4.78, 5) is 26.6. The molecule has 0 radical (unpaired) electrons. The van der Waals surface area contributed by atoms with Gasteiger partial charge >= 0.3 is 0 Å². The molecule has 0 fully saturated rings. The van der Waals surface area contributed by atoms with Gasteiger partial charge in [-0.15, -0.1) is 0 Å². The number of hydrogen-bond acceptors (Lipinski definition) is 4. The highest BCUT2D eigenvalue weighted by molar-refractivity contribution is 9.10. The highest BCUT2D eigenvalue weighted by atomic mass is 79.9. The molecule has 0 aliphatic carbocycles. The van der Waals surface area contributed by atoms with Crippen molar-refractivity contribution >= 4 is 43.5 Å². The Kier molecular flexibility index (Phi) is 8.19. The van der Waals surface area contributed by atoms with E-state index in [0.717, 1.165) is 20.6 Å². The first kappa shape index (κ1) is 24.8. The first-order valence-corrected chi connectivity index (χ1v) is 12.1. The third kappa shape index (κ3) is 6.27. The van der Waals surface area contributed by atoms with Crippen LogP contribution in [0.3, 0.4) is 0 Å². The van der Waals surface area contributed by atoms with Gasteiger partial charge in [-0.05, 0) is 43.7 Å². The van der Waals surface area contributed by atoms with Crippen LogP contribution in [0, 0.1) is 12.7 Å². The van der Waals surface area contributed by atoms with Crippen molar-refractivity contribution in [2.24, 2.45) is 0 Å². The number of halogens is 2. The van der Waals surface area contributed by atoms with Crippen molar-refractivity contribution in [3.05, 3.63) is 63.9 Å². The van der Waals surface area contributed by atoms with Crippen LogP contribution in [0.5, 0.6) is 0 Å². The number of rotatable bonds is 8. The van der Waals surface area contributed by atoms with Crippen molar-refractivity contribution in [3.63, 3.8) is 0 Å². The zero-order valence-corrected chi connectivity index (χ0v) is 20.1. The third-order valence-corrected chi connectivity index (χ3v) is 6.85. The van der Waals surface area contributed by atoms with Crippen LogP contribution in [-0.2, 0) is 26.2 Å². The maximum atomic E-state index is 14.2. The van der Waals surface area contributed by atoms with Crippen molar-refractivity contribution in [2.75, 3.05) is 24.2 Å². The maximum absolute atomic E-state index is 14.2. The van der Waals surface area contributed by atoms with Crippen molar-refractivity contribution in [1.82, 2.24) is 10.2 Å². The van der Waals surface area contributed by atoms with Gasteiger partial charge in [-0.1, -0.05) is 34.1 Å². The summed E-state index contributed by atoms with van der Waals surface area (Å²) < 4.78 is 40.9. The first-order chi connectivity index (χ1) is 14.5. The molecule has 2 aromatic carbocycles. The Hall–Kier alpha value is -2.46. The molecule has 7 nitrogen and oxygen atoms in total. The molecule has 0 saturated heterocycles. The van der Waals surface area contributed by atoms with Gasteiger partial charge in [0.15, 0.2) is 0 Å². The van der Waals surface area contributed by atoms with Crippen molar-refractivity contribution in [3.8, 4) is 0 Å². The Balaban J connectivity index is 2.42. The average Bonchev–Trinajstić information content (AvgIpc) is 2.71. The standard InChI is InChI=1S/C21H25BrFN3O4S/c1-14-11-17(9-10-18(14)22)26(31(4,29)30)13-20(27)25(15(2)21(28)24-3)12-16-7-5-6-8-19(16)23/h5-11,15H,12-13H2,1-4H3,(H,24,28). The predicted molar refractivity (Wildman–Crippen MR) is 122 cm³/mol. The van der Waals surface area contributed by atoms with E-state index in [1.54, 1.807) is 31.2 Å². The number of sulfonamides is 1. The smallest absolute Gasteiger partial charge is 0.244 e. The van der Waals surface area contributed by atoms with Crippen LogP contribution in [0.2, 0.25) is 0 Å². The molecule has 2 aromatic rings. The number of carbonyl (C=O) groups excluding carboxylic acids is 2. The largest absolute Gasteiger partial charge is 0.357 e. The zero-order chi connectivity index (χ0) is 23.3. The summed E-state index contributed by atoms with van der Waals surface area (Å²) in [5.41, 5.74) is 1.33.